The number of anilines is 2. The van der Waals surface area contributed by atoms with Gasteiger partial charge in [-0.05, 0) is 42.5 Å². The zero-order valence-electron chi connectivity index (χ0n) is 16.3. The first-order chi connectivity index (χ1) is 14.6. The van der Waals surface area contributed by atoms with Gasteiger partial charge in [-0.15, -0.1) is 0 Å². The number of aromatic nitrogens is 2. The Morgan fingerprint density at radius 3 is 2.57 bits per heavy atom. The Hall–Kier alpha value is -4.01. The van der Waals surface area contributed by atoms with Crippen molar-refractivity contribution in [3.8, 4) is 17.2 Å². The fourth-order valence-electron chi connectivity index (χ4n) is 2.92. The van der Waals surface area contributed by atoms with Crippen LogP contribution in [0.4, 0.5) is 11.4 Å². The van der Waals surface area contributed by atoms with Crippen LogP contribution < -0.4 is 24.8 Å². The average molecular weight is 408 g/mol. The first kappa shape index (κ1) is 19.3. The molecule has 0 fully saturated rings. The number of rotatable bonds is 6. The van der Waals surface area contributed by atoms with E-state index in [1.165, 1.54) is 10.9 Å². The van der Waals surface area contributed by atoms with E-state index in [0.29, 0.717) is 47.4 Å². The Bertz CT molecular complexity index is 1060. The van der Waals surface area contributed by atoms with Gasteiger partial charge in [0.25, 0.3) is 5.91 Å². The van der Waals surface area contributed by atoms with Gasteiger partial charge in [0.15, 0.2) is 11.5 Å². The summed E-state index contributed by atoms with van der Waals surface area (Å²) in [7, 11) is 1.58. The van der Waals surface area contributed by atoms with E-state index < -0.39 is 0 Å². The summed E-state index contributed by atoms with van der Waals surface area (Å²) in [6.45, 7) is 0.944. The molecule has 0 spiro atoms. The Kier molecular flexibility index (Phi) is 5.51. The number of hydrogen-bond acceptors (Lipinski definition) is 6. The van der Waals surface area contributed by atoms with Crippen LogP contribution in [0.3, 0.4) is 0 Å². The lowest BCUT2D eigenvalue weighted by atomic mass is 10.2. The van der Waals surface area contributed by atoms with E-state index >= 15 is 0 Å². The molecule has 0 saturated carbocycles. The lowest BCUT2D eigenvalue weighted by Crippen LogP contribution is -2.19. The molecule has 1 aromatic heterocycles. The van der Waals surface area contributed by atoms with E-state index in [2.05, 4.69) is 15.7 Å². The smallest absolute Gasteiger partial charge is 0.255 e. The molecule has 2 N–H and O–H groups in total. The van der Waals surface area contributed by atoms with Crippen molar-refractivity contribution in [1.82, 2.24) is 9.78 Å². The molecule has 0 bridgehead atoms. The minimum Gasteiger partial charge on any atom is -0.497 e. The lowest BCUT2D eigenvalue weighted by molar-refractivity contribution is -0.116. The van der Waals surface area contributed by atoms with E-state index in [-0.39, 0.29) is 18.4 Å². The molecule has 0 saturated heterocycles. The van der Waals surface area contributed by atoms with Crippen molar-refractivity contribution >= 4 is 23.2 Å². The summed E-state index contributed by atoms with van der Waals surface area (Å²) in [5, 5.41) is 9.65. The summed E-state index contributed by atoms with van der Waals surface area (Å²) < 4.78 is 17.5. The monoisotopic (exact) mass is 408 g/mol. The van der Waals surface area contributed by atoms with Crippen molar-refractivity contribution in [3.63, 3.8) is 0 Å². The summed E-state index contributed by atoms with van der Waals surface area (Å²) >= 11 is 0. The van der Waals surface area contributed by atoms with Crippen molar-refractivity contribution in [2.45, 2.75) is 6.54 Å². The SMILES string of the molecule is COc1ccc(NC(=O)Cn2cc(NC(=O)c3ccc4c(c3)OCCO4)cn2)cc1. The molecule has 9 nitrogen and oxygen atoms in total. The van der Waals surface area contributed by atoms with Gasteiger partial charge in [0.05, 0.1) is 19.0 Å². The first-order valence-corrected chi connectivity index (χ1v) is 9.28. The van der Waals surface area contributed by atoms with Gasteiger partial charge in [0.2, 0.25) is 5.91 Å². The van der Waals surface area contributed by atoms with Gasteiger partial charge in [-0.2, -0.15) is 5.10 Å². The average Bonchev–Trinajstić information content (AvgIpc) is 3.20. The normalized spacial score (nSPS) is 12.2. The van der Waals surface area contributed by atoms with Gasteiger partial charge in [-0.3, -0.25) is 14.3 Å². The standard InChI is InChI=1S/C21H20N4O5/c1-28-17-5-3-15(4-6-17)23-20(26)13-25-12-16(11-22-25)24-21(27)14-2-7-18-19(10-14)30-9-8-29-18/h2-7,10-12H,8-9,13H2,1H3,(H,23,26)(H,24,27). The van der Waals surface area contributed by atoms with Crippen molar-refractivity contribution in [2.24, 2.45) is 0 Å². The molecule has 2 amide bonds. The highest BCUT2D eigenvalue weighted by Gasteiger charge is 2.15. The van der Waals surface area contributed by atoms with Crippen LogP contribution in [0, 0.1) is 0 Å². The third kappa shape index (κ3) is 4.52. The Morgan fingerprint density at radius 2 is 1.80 bits per heavy atom. The van der Waals surface area contributed by atoms with E-state index in [9.17, 15) is 9.59 Å². The summed E-state index contributed by atoms with van der Waals surface area (Å²) in [6.07, 6.45) is 3.07. The number of nitrogens with one attached hydrogen (secondary N) is 2. The summed E-state index contributed by atoms with van der Waals surface area (Å²) in [5.41, 5.74) is 1.57. The van der Waals surface area contributed by atoms with Gasteiger partial charge in [0.1, 0.15) is 25.5 Å². The lowest BCUT2D eigenvalue weighted by Gasteiger charge is -2.18. The van der Waals surface area contributed by atoms with Crippen LogP contribution >= 0.6 is 0 Å². The molecule has 154 valence electrons. The van der Waals surface area contributed by atoms with Gasteiger partial charge < -0.3 is 24.8 Å². The molecule has 0 atom stereocenters. The third-order valence-electron chi connectivity index (χ3n) is 4.37. The third-order valence-corrected chi connectivity index (χ3v) is 4.37. The fraction of sp³-hybridized carbons (Fsp3) is 0.190. The number of carbonyl (C=O) groups is 2. The molecule has 2 aromatic carbocycles. The molecule has 0 radical (unpaired) electrons. The van der Waals surface area contributed by atoms with Crippen molar-refractivity contribution in [2.75, 3.05) is 31.0 Å². The zero-order chi connectivity index (χ0) is 20.9. The number of fused-ring (bicyclic) bond motifs is 1. The Balaban J connectivity index is 1.34. The van der Waals surface area contributed by atoms with Crippen LogP contribution in [0.2, 0.25) is 0 Å². The number of methoxy groups -OCH3 is 1. The number of hydrogen-bond donors (Lipinski definition) is 2. The topological polar surface area (TPSA) is 104 Å². The molecule has 30 heavy (non-hydrogen) atoms. The number of nitrogens with zero attached hydrogens (tertiary/aromatic N) is 2. The minimum absolute atomic E-state index is 0.00588. The maximum atomic E-state index is 12.5. The van der Waals surface area contributed by atoms with Crippen LogP contribution in [0.1, 0.15) is 10.4 Å². The Labute approximate surface area is 172 Å². The highest BCUT2D eigenvalue weighted by molar-refractivity contribution is 6.04. The largest absolute Gasteiger partial charge is 0.497 e. The second-order valence-electron chi connectivity index (χ2n) is 6.52. The highest BCUT2D eigenvalue weighted by Crippen LogP contribution is 2.31. The van der Waals surface area contributed by atoms with Crippen molar-refractivity contribution in [1.29, 1.82) is 0 Å². The molecule has 1 aliphatic rings. The second-order valence-corrected chi connectivity index (χ2v) is 6.52. The van der Waals surface area contributed by atoms with Gasteiger partial charge in [-0.1, -0.05) is 0 Å². The predicted octanol–water partition coefficient (Wildman–Crippen LogP) is 2.55. The number of benzene rings is 2. The zero-order valence-corrected chi connectivity index (χ0v) is 16.3. The van der Waals surface area contributed by atoms with Crippen LogP contribution in [0.25, 0.3) is 0 Å². The molecule has 9 heteroatoms. The molecule has 4 rings (SSSR count). The molecule has 2 heterocycles. The van der Waals surface area contributed by atoms with Gasteiger partial charge >= 0.3 is 0 Å². The maximum Gasteiger partial charge on any atom is 0.255 e. The maximum absolute atomic E-state index is 12.5. The number of carbonyl (C=O) groups excluding carboxylic acids is 2. The van der Waals surface area contributed by atoms with Crippen LogP contribution in [-0.2, 0) is 11.3 Å². The molecular weight excluding hydrogens is 388 g/mol. The molecule has 0 aliphatic carbocycles. The van der Waals surface area contributed by atoms with Crippen LogP contribution in [-0.4, -0.2) is 41.9 Å². The van der Waals surface area contributed by atoms with E-state index in [1.807, 2.05) is 0 Å². The predicted molar refractivity (Wildman–Crippen MR) is 109 cm³/mol. The second kappa shape index (κ2) is 8.56. The highest BCUT2D eigenvalue weighted by atomic mass is 16.6. The molecule has 0 unspecified atom stereocenters. The van der Waals surface area contributed by atoms with Gasteiger partial charge in [0, 0.05) is 17.4 Å². The summed E-state index contributed by atoms with van der Waals surface area (Å²) in [5.74, 6) is 1.31. The van der Waals surface area contributed by atoms with Crippen LogP contribution in [0.5, 0.6) is 17.2 Å². The molecular formula is C21H20N4O5. The Morgan fingerprint density at radius 1 is 1.03 bits per heavy atom. The minimum atomic E-state index is -0.311. The first-order valence-electron chi connectivity index (χ1n) is 9.28. The van der Waals surface area contributed by atoms with Gasteiger partial charge in [-0.25, -0.2) is 0 Å². The van der Waals surface area contributed by atoms with Crippen molar-refractivity contribution < 1.29 is 23.8 Å². The van der Waals surface area contributed by atoms with Crippen LogP contribution in [0.15, 0.2) is 54.9 Å². The summed E-state index contributed by atoms with van der Waals surface area (Å²) in [4.78, 5) is 24.7. The van der Waals surface area contributed by atoms with E-state index in [4.69, 9.17) is 14.2 Å². The molecule has 1 aliphatic heterocycles. The van der Waals surface area contributed by atoms with Crippen molar-refractivity contribution in [3.05, 3.63) is 60.4 Å². The fourth-order valence-corrected chi connectivity index (χ4v) is 2.92. The van der Waals surface area contributed by atoms with E-state index in [1.54, 1.807) is 55.8 Å². The van der Waals surface area contributed by atoms with E-state index in [0.717, 1.165) is 0 Å². The number of ether oxygens (including phenoxy) is 3. The number of amides is 2. The summed E-state index contributed by atoms with van der Waals surface area (Å²) in [6, 6.07) is 12.0. The molecule has 3 aromatic rings. The quantitative estimate of drug-likeness (QED) is 0.650.